The second-order valence-electron chi connectivity index (χ2n) is 9.89. The molecule has 1 atom stereocenters. The number of thiophene rings is 1. The molecule has 0 saturated heterocycles. The predicted octanol–water partition coefficient (Wildman–Crippen LogP) is 5.57. The van der Waals surface area contributed by atoms with Crippen molar-refractivity contribution in [2.24, 2.45) is 17.8 Å². The second kappa shape index (κ2) is 9.93. The minimum atomic E-state index is 0.0217. The van der Waals surface area contributed by atoms with Crippen LogP contribution < -0.4 is 5.32 Å². The SMILES string of the molecule is O=C(NCC1CC1)c1c(CC(=O)C2CC2)sc2c1C[C@@H](CC(=S)Cc1ccc(Cl)nc1)CC2. The van der Waals surface area contributed by atoms with Gasteiger partial charge in [-0.1, -0.05) is 29.9 Å². The minimum Gasteiger partial charge on any atom is -0.352 e. The number of carbonyl (C=O) groups is 2. The van der Waals surface area contributed by atoms with Gasteiger partial charge in [0.15, 0.2) is 0 Å². The fourth-order valence-electron chi connectivity index (χ4n) is 4.76. The third-order valence-corrected chi connectivity index (χ3v) is 8.81. The van der Waals surface area contributed by atoms with Crippen molar-refractivity contribution < 1.29 is 9.59 Å². The van der Waals surface area contributed by atoms with Gasteiger partial charge in [-0.05, 0) is 85.3 Å². The lowest BCUT2D eigenvalue weighted by Gasteiger charge is -2.23. The fourth-order valence-corrected chi connectivity index (χ4v) is 6.64. The molecule has 0 radical (unpaired) electrons. The van der Waals surface area contributed by atoms with Crippen LogP contribution >= 0.6 is 35.2 Å². The van der Waals surface area contributed by atoms with Crippen LogP contribution in [0.15, 0.2) is 18.3 Å². The standard InChI is InChI=1S/C26H29ClN2O2S2/c27-24-8-4-17(14-28-24)10-19(32)9-16-3-7-22-20(11-16)25(26(31)29-13-15-1-2-15)23(33-22)12-21(30)18-5-6-18/h4,8,14-16,18H,1-3,5-7,9-13H2,(H,29,31)/t16-/m1/s1. The lowest BCUT2D eigenvalue weighted by Crippen LogP contribution is -2.28. The molecule has 33 heavy (non-hydrogen) atoms. The quantitative estimate of drug-likeness (QED) is 0.342. The van der Waals surface area contributed by atoms with E-state index in [1.807, 2.05) is 6.07 Å². The van der Waals surface area contributed by atoms with Gasteiger partial charge in [-0.25, -0.2) is 4.98 Å². The third-order valence-electron chi connectivity index (χ3n) is 6.99. The second-order valence-corrected chi connectivity index (χ2v) is 12.0. The number of Topliss-reactive ketones (excluding diaryl/α,β-unsaturated/α-hetero) is 1. The van der Waals surface area contributed by atoms with Crippen LogP contribution in [-0.4, -0.2) is 28.1 Å². The number of carbonyl (C=O) groups excluding carboxylic acids is 2. The van der Waals surface area contributed by atoms with E-state index in [1.165, 1.54) is 23.3 Å². The van der Waals surface area contributed by atoms with Gasteiger partial charge in [-0.15, -0.1) is 11.3 Å². The molecule has 0 aromatic carbocycles. The van der Waals surface area contributed by atoms with E-state index in [9.17, 15) is 9.59 Å². The van der Waals surface area contributed by atoms with Gasteiger partial charge in [0.25, 0.3) is 5.91 Å². The number of aryl methyl sites for hydroxylation is 1. The Morgan fingerprint density at radius 1 is 1.12 bits per heavy atom. The number of pyridine rings is 1. The molecule has 2 heterocycles. The Hall–Kier alpha value is -1.63. The molecule has 174 valence electrons. The van der Waals surface area contributed by atoms with Gasteiger partial charge < -0.3 is 5.32 Å². The Labute approximate surface area is 209 Å². The number of ketones is 1. The molecule has 0 aliphatic heterocycles. The molecule has 0 spiro atoms. The lowest BCUT2D eigenvalue weighted by atomic mass is 9.82. The van der Waals surface area contributed by atoms with Crippen LogP contribution in [0.4, 0.5) is 0 Å². The summed E-state index contributed by atoms with van der Waals surface area (Å²) in [6.45, 7) is 0.752. The molecule has 4 nitrogen and oxygen atoms in total. The maximum absolute atomic E-state index is 13.2. The molecule has 0 bridgehead atoms. The van der Waals surface area contributed by atoms with E-state index in [4.69, 9.17) is 23.8 Å². The minimum absolute atomic E-state index is 0.0217. The van der Waals surface area contributed by atoms with Gasteiger partial charge in [0.05, 0.1) is 5.56 Å². The lowest BCUT2D eigenvalue weighted by molar-refractivity contribution is -0.119. The van der Waals surface area contributed by atoms with Crippen LogP contribution in [0, 0.1) is 17.8 Å². The van der Waals surface area contributed by atoms with Crippen molar-refractivity contribution in [1.82, 2.24) is 10.3 Å². The Balaban J connectivity index is 1.29. The molecule has 5 rings (SSSR count). The van der Waals surface area contributed by atoms with Crippen LogP contribution in [0.25, 0.3) is 0 Å². The van der Waals surface area contributed by atoms with Crippen LogP contribution in [0.3, 0.4) is 0 Å². The van der Waals surface area contributed by atoms with E-state index >= 15 is 0 Å². The number of halogens is 1. The van der Waals surface area contributed by atoms with Crippen molar-refractivity contribution in [2.45, 2.75) is 64.2 Å². The van der Waals surface area contributed by atoms with Crippen molar-refractivity contribution in [3.05, 3.63) is 49.9 Å². The first-order valence-corrected chi connectivity index (χ1v) is 13.6. The van der Waals surface area contributed by atoms with Crippen LogP contribution in [-0.2, 0) is 30.5 Å². The summed E-state index contributed by atoms with van der Waals surface area (Å²) in [4.78, 5) is 33.3. The topological polar surface area (TPSA) is 59.1 Å². The number of fused-ring (bicyclic) bond motifs is 1. The molecule has 0 unspecified atom stereocenters. The Kier molecular flexibility index (Phi) is 6.96. The molecule has 2 fully saturated rings. The van der Waals surface area contributed by atoms with Gasteiger partial charge in [-0.2, -0.15) is 0 Å². The van der Waals surface area contributed by atoms with Crippen molar-refractivity contribution in [2.75, 3.05) is 6.54 Å². The maximum atomic E-state index is 13.2. The largest absolute Gasteiger partial charge is 0.352 e. The zero-order valence-electron chi connectivity index (χ0n) is 18.7. The number of nitrogens with zero attached hydrogens (tertiary/aromatic N) is 1. The predicted molar refractivity (Wildman–Crippen MR) is 136 cm³/mol. The van der Waals surface area contributed by atoms with Crippen molar-refractivity contribution in [3.63, 3.8) is 0 Å². The summed E-state index contributed by atoms with van der Waals surface area (Å²) in [6, 6.07) is 3.78. The summed E-state index contributed by atoms with van der Waals surface area (Å²) < 4.78 is 0. The van der Waals surface area contributed by atoms with Crippen molar-refractivity contribution in [1.29, 1.82) is 0 Å². The molecular weight excluding hydrogens is 472 g/mol. The first-order chi connectivity index (χ1) is 16.0. The highest BCUT2D eigenvalue weighted by atomic mass is 35.5. The number of aromatic nitrogens is 1. The Morgan fingerprint density at radius 2 is 1.94 bits per heavy atom. The first kappa shape index (κ1) is 23.1. The summed E-state index contributed by atoms with van der Waals surface area (Å²) in [7, 11) is 0. The zero-order chi connectivity index (χ0) is 22.9. The molecule has 3 aliphatic rings. The van der Waals surface area contributed by atoms with E-state index in [2.05, 4.69) is 10.3 Å². The van der Waals surface area contributed by atoms with E-state index in [-0.39, 0.29) is 11.8 Å². The number of hydrogen-bond donors (Lipinski definition) is 1. The molecule has 1 N–H and O–H groups in total. The number of amides is 1. The van der Waals surface area contributed by atoms with Crippen LogP contribution in [0.2, 0.25) is 5.15 Å². The smallest absolute Gasteiger partial charge is 0.252 e. The van der Waals surface area contributed by atoms with Crippen molar-refractivity contribution in [3.8, 4) is 0 Å². The van der Waals surface area contributed by atoms with Crippen molar-refractivity contribution >= 4 is 51.7 Å². The summed E-state index contributed by atoms with van der Waals surface area (Å²) in [6.07, 6.45) is 11.1. The number of hydrogen-bond acceptors (Lipinski definition) is 5. The highest BCUT2D eigenvalue weighted by Gasteiger charge is 2.34. The maximum Gasteiger partial charge on any atom is 0.252 e. The van der Waals surface area contributed by atoms with E-state index in [1.54, 1.807) is 23.6 Å². The highest BCUT2D eigenvalue weighted by molar-refractivity contribution is 7.80. The molecule has 3 aliphatic carbocycles. The van der Waals surface area contributed by atoms with Gasteiger partial charge >= 0.3 is 0 Å². The summed E-state index contributed by atoms with van der Waals surface area (Å²) in [5, 5.41) is 3.65. The van der Waals surface area contributed by atoms with E-state index in [0.717, 1.165) is 72.4 Å². The Morgan fingerprint density at radius 3 is 2.64 bits per heavy atom. The first-order valence-electron chi connectivity index (χ1n) is 12.0. The molecule has 1 amide bonds. The van der Waals surface area contributed by atoms with E-state index < -0.39 is 0 Å². The molecule has 2 aromatic heterocycles. The third kappa shape index (κ3) is 5.90. The van der Waals surface area contributed by atoms with Gasteiger partial charge in [0.2, 0.25) is 0 Å². The summed E-state index contributed by atoms with van der Waals surface area (Å²) in [5.41, 5.74) is 3.07. The normalized spacial score (nSPS) is 19.7. The van der Waals surface area contributed by atoms with Crippen LogP contribution in [0.5, 0.6) is 0 Å². The van der Waals surface area contributed by atoms with Gasteiger partial charge in [0.1, 0.15) is 10.9 Å². The number of nitrogens with one attached hydrogen (secondary N) is 1. The molecular formula is C26H29ClN2O2S2. The monoisotopic (exact) mass is 500 g/mol. The fraction of sp³-hybridized carbons (Fsp3) is 0.538. The summed E-state index contributed by atoms with van der Waals surface area (Å²) in [5.74, 6) is 1.61. The average molecular weight is 501 g/mol. The average Bonchev–Trinajstić information content (AvgIpc) is 3.70. The number of thiocarbonyl (C=S) groups is 1. The van der Waals surface area contributed by atoms with Crippen LogP contribution in [0.1, 0.15) is 69.8 Å². The highest BCUT2D eigenvalue weighted by Crippen LogP contribution is 2.40. The summed E-state index contributed by atoms with van der Waals surface area (Å²) >= 11 is 13.3. The molecule has 7 heteroatoms. The number of rotatable bonds is 10. The Bertz CT molecular complexity index is 1070. The molecule has 2 saturated carbocycles. The zero-order valence-corrected chi connectivity index (χ0v) is 21.1. The van der Waals surface area contributed by atoms with E-state index in [0.29, 0.717) is 29.2 Å². The van der Waals surface area contributed by atoms with Gasteiger partial charge in [-0.3, -0.25) is 9.59 Å². The molecule has 2 aromatic rings. The van der Waals surface area contributed by atoms with Gasteiger partial charge in [0, 0.05) is 41.3 Å².